The van der Waals surface area contributed by atoms with Gasteiger partial charge in [0, 0.05) is 19.7 Å². The molecule has 0 aromatic carbocycles. The summed E-state index contributed by atoms with van der Waals surface area (Å²) in [5, 5.41) is 3.59. The van der Waals surface area contributed by atoms with E-state index in [0.717, 1.165) is 25.1 Å². The fourth-order valence-corrected chi connectivity index (χ4v) is 2.27. The topological polar surface area (TPSA) is 30.5 Å². The first kappa shape index (κ1) is 13.9. The van der Waals surface area contributed by atoms with E-state index in [0.29, 0.717) is 13.2 Å². The highest BCUT2D eigenvalue weighted by molar-refractivity contribution is 4.72. The van der Waals surface area contributed by atoms with Crippen LogP contribution < -0.4 is 5.32 Å². The lowest BCUT2D eigenvalue weighted by Crippen LogP contribution is -2.31. The van der Waals surface area contributed by atoms with E-state index in [1.165, 1.54) is 32.1 Å². The summed E-state index contributed by atoms with van der Waals surface area (Å²) in [7, 11) is 1.70. The first-order chi connectivity index (χ1) is 7.83. The van der Waals surface area contributed by atoms with Crippen LogP contribution in [-0.4, -0.2) is 39.5 Å². The van der Waals surface area contributed by atoms with Crippen LogP contribution in [0.1, 0.15) is 39.0 Å². The number of hydrogen-bond acceptors (Lipinski definition) is 3. The maximum absolute atomic E-state index is 5.43. The molecule has 3 nitrogen and oxygen atoms in total. The minimum atomic E-state index is 0.695. The van der Waals surface area contributed by atoms with Crippen LogP contribution in [0.3, 0.4) is 0 Å². The van der Waals surface area contributed by atoms with Crippen molar-refractivity contribution < 1.29 is 9.47 Å². The van der Waals surface area contributed by atoms with Crippen LogP contribution in [0.2, 0.25) is 0 Å². The lowest BCUT2D eigenvalue weighted by atomic mass is 10.0. The molecular weight excluding hydrogens is 202 g/mol. The molecule has 0 bridgehead atoms. The van der Waals surface area contributed by atoms with Crippen molar-refractivity contribution in [2.75, 3.05) is 33.5 Å². The van der Waals surface area contributed by atoms with Crippen LogP contribution >= 0.6 is 0 Å². The molecule has 2 atom stereocenters. The zero-order chi connectivity index (χ0) is 11.6. The smallest absolute Gasteiger partial charge is 0.0700 e. The molecule has 0 radical (unpaired) electrons. The second-order valence-electron chi connectivity index (χ2n) is 4.87. The Morgan fingerprint density at radius 1 is 1.06 bits per heavy atom. The summed E-state index contributed by atoms with van der Waals surface area (Å²) < 4.78 is 10.4. The second-order valence-corrected chi connectivity index (χ2v) is 4.87. The summed E-state index contributed by atoms with van der Waals surface area (Å²) in [5.74, 6) is 0.921. The normalized spacial score (nSPS) is 26.6. The molecule has 3 heteroatoms. The van der Waals surface area contributed by atoms with Crippen LogP contribution in [0.5, 0.6) is 0 Å². The Bertz CT molecular complexity index is 164. The number of methoxy groups -OCH3 is 1. The Morgan fingerprint density at radius 3 is 2.75 bits per heavy atom. The van der Waals surface area contributed by atoms with Gasteiger partial charge in [-0.1, -0.05) is 19.8 Å². The predicted octanol–water partition coefficient (Wildman–Crippen LogP) is 2.21. The molecule has 2 unspecified atom stereocenters. The summed E-state index contributed by atoms with van der Waals surface area (Å²) in [4.78, 5) is 0. The zero-order valence-corrected chi connectivity index (χ0v) is 10.8. The van der Waals surface area contributed by atoms with Gasteiger partial charge in [0.15, 0.2) is 0 Å². The number of ether oxygens (including phenoxy) is 2. The van der Waals surface area contributed by atoms with E-state index in [2.05, 4.69) is 12.2 Å². The van der Waals surface area contributed by atoms with E-state index >= 15 is 0 Å². The average molecular weight is 229 g/mol. The third-order valence-corrected chi connectivity index (χ3v) is 3.37. The number of nitrogens with one attached hydrogen (secondary N) is 1. The van der Waals surface area contributed by atoms with Crippen molar-refractivity contribution in [3.63, 3.8) is 0 Å². The van der Waals surface area contributed by atoms with Crippen LogP contribution in [0.4, 0.5) is 0 Å². The highest BCUT2D eigenvalue weighted by Crippen LogP contribution is 2.22. The fourth-order valence-electron chi connectivity index (χ4n) is 2.27. The van der Waals surface area contributed by atoms with E-state index in [-0.39, 0.29) is 0 Å². The SMILES string of the molecule is COCCOCCNC1CCCC(C)CC1. The van der Waals surface area contributed by atoms with E-state index in [1.807, 2.05) is 0 Å². The summed E-state index contributed by atoms with van der Waals surface area (Å²) in [6.45, 7) is 5.55. The van der Waals surface area contributed by atoms with E-state index in [9.17, 15) is 0 Å². The Hall–Kier alpha value is -0.120. The van der Waals surface area contributed by atoms with E-state index < -0.39 is 0 Å². The first-order valence-electron chi connectivity index (χ1n) is 6.63. The van der Waals surface area contributed by atoms with Gasteiger partial charge in [0.1, 0.15) is 0 Å². The second kappa shape index (κ2) is 8.97. The lowest BCUT2D eigenvalue weighted by Gasteiger charge is -2.16. The van der Waals surface area contributed by atoms with E-state index in [4.69, 9.17) is 9.47 Å². The van der Waals surface area contributed by atoms with Crippen molar-refractivity contribution in [2.45, 2.75) is 45.1 Å². The minimum absolute atomic E-state index is 0.695. The molecule has 0 aromatic rings. The van der Waals surface area contributed by atoms with Crippen LogP contribution in [0.15, 0.2) is 0 Å². The van der Waals surface area contributed by atoms with Gasteiger partial charge in [0.2, 0.25) is 0 Å². The third-order valence-electron chi connectivity index (χ3n) is 3.37. The highest BCUT2D eigenvalue weighted by atomic mass is 16.5. The molecule has 0 amide bonds. The van der Waals surface area contributed by atoms with Crippen molar-refractivity contribution in [1.29, 1.82) is 0 Å². The van der Waals surface area contributed by atoms with Crippen molar-refractivity contribution in [2.24, 2.45) is 5.92 Å². The Kier molecular flexibility index (Phi) is 7.81. The molecule has 0 aromatic heterocycles. The highest BCUT2D eigenvalue weighted by Gasteiger charge is 2.14. The largest absolute Gasteiger partial charge is 0.382 e. The molecular formula is C13H27NO2. The van der Waals surface area contributed by atoms with Crippen molar-refractivity contribution >= 4 is 0 Å². The van der Waals surface area contributed by atoms with E-state index in [1.54, 1.807) is 7.11 Å². The summed E-state index contributed by atoms with van der Waals surface area (Å²) in [6.07, 6.45) is 6.83. The van der Waals surface area contributed by atoms with Crippen LogP contribution in [0.25, 0.3) is 0 Å². The van der Waals surface area contributed by atoms with Gasteiger partial charge in [-0.3, -0.25) is 0 Å². The standard InChI is InChI=1S/C13H27NO2/c1-12-4-3-5-13(7-6-12)14-8-9-16-11-10-15-2/h12-14H,3-11H2,1-2H3. The predicted molar refractivity (Wildman–Crippen MR) is 66.7 cm³/mol. The van der Waals surface area contributed by atoms with Crippen LogP contribution in [-0.2, 0) is 9.47 Å². The van der Waals surface area contributed by atoms with Gasteiger partial charge in [-0.05, 0) is 25.2 Å². The molecule has 1 aliphatic carbocycles. The molecule has 1 aliphatic rings. The third kappa shape index (κ3) is 6.46. The molecule has 96 valence electrons. The molecule has 0 aliphatic heterocycles. The van der Waals surface area contributed by atoms with Crippen molar-refractivity contribution in [1.82, 2.24) is 5.32 Å². The maximum Gasteiger partial charge on any atom is 0.0700 e. The quantitative estimate of drug-likeness (QED) is 0.536. The zero-order valence-electron chi connectivity index (χ0n) is 10.8. The van der Waals surface area contributed by atoms with Crippen molar-refractivity contribution in [3.8, 4) is 0 Å². The van der Waals surface area contributed by atoms with Gasteiger partial charge in [-0.15, -0.1) is 0 Å². The molecule has 0 saturated heterocycles. The summed E-state index contributed by atoms with van der Waals surface area (Å²) >= 11 is 0. The fraction of sp³-hybridized carbons (Fsp3) is 1.00. The first-order valence-corrected chi connectivity index (χ1v) is 6.63. The Labute approximate surface area is 99.9 Å². The average Bonchev–Trinajstić information content (AvgIpc) is 2.49. The molecule has 1 saturated carbocycles. The van der Waals surface area contributed by atoms with Crippen molar-refractivity contribution in [3.05, 3.63) is 0 Å². The summed E-state index contributed by atoms with van der Waals surface area (Å²) in [5.41, 5.74) is 0. The minimum Gasteiger partial charge on any atom is -0.382 e. The number of rotatable bonds is 7. The molecule has 16 heavy (non-hydrogen) atoms. The summed E-state index contributed by atoms with van der Waals surface area (Å²) in [6, 6.07) is 0.718. The lowest BCUT2D eigenvalue weighted by molar-refractivity contribution is 0.0708. The van der Waals surface area contributed by atoms with Gasteiger partial charge in [-0.2, -0.15) is 0 Å². The van der Waals surface area contributed by atoms with Gasteiger partial charge < -0.3 is 14.8 Å². The van der Waals surface area contributed by atoms with Gasteiger partial charge in [-0.25, -0.2) is 0 Å². The molecule has 0 heterocycles. The van der Waals surface area contributed by atoms with Gasteiger partial charge in [0.05, 0.1) is 19.8 Å². The molecule has 1 fully saturated rings. The molecule has 0 spiro atoms. The van der Waals surface area contributed by atoms with Gasteiger partial charge in [0.25, 0.3) is 0 Å². The number of hydrogen-bond donors (Lipinski definition) is 1. The van der Waals surface area contributed by atoms with Gasteiger partial charge >= 0.3 is 0 Å². The monoisotopic (exact) mass is 229 g/mol. The molecule has 1 rings (SSSR count). The Balaban J connectivity index is 1.95. The maximum atomic E-state index is 5.43. The molecule has 1 N–H and O–H groups in total. The Morgan fingerprint density at radius 2 is 1.94 bits per heavy atom. The van der Waals surface area contributed by atoms with Crippen LogP contribution in [0, 0.1) is 5.92 Å².